The molecule has 0 spiro atoms. The number of hydrogen-bond donors (Lipinski definition) is 3. The number of aryl methyl sites for hydroxylation is 1. The van der Waals surface area contributed by atoms with Crippen LogP contribution in [0.25, 0.3) is 11.0 Å². The third-order valence-corrected chi connectivity index (χ3v) is 4.17. The van der Waals surface area contributed by atoms with E-state index in [0.29, 0.717) is 18.8 Å². The first-order chi connectivity index (χ1) is 14.0. The Morgan fingerprint density at radius 2 is 1.79 bits per heavy atom. The van der Waals surface area contributed by atoms with Gasteiger partial charge in [0.1, 0.15) is 17.3 Å². The van der Waals surface area contributed by atoms with E-state index in [1.807, 2.05) is 31.2 Å². The van der Waals surface area contributed by atoms with Gasteiger partial charge in [0.25, 0.3) is 5.91 Å². The van der Waals surface area contributed by atoms with E-state index in [4.69, 9.17) is 9.47 Å². The zero-order valence-corrected chi connectivity index (χ0v) is 16.4. The Morgan fingerprint density at radius 3 is 2.52 bits per heavy atom. The molecule has 0 aliphatic rings. The predicted molar refractivity (Wildman–Crippen MR) is 108 cm³/mol. The number of nitrogens with one attached hydrogen (secondary N) is 3. The monoisotopic (exact) mass is 396 g/mol. The van der Waals surface area contributed by atoms with Gasteiger partial charge in [-0.1, -0.05) is 12.1 Å². The lowest BCUT2D eigenvalue weighted by molar-refractivity contribution is -0.132. The van der Waals surface area contributed by atoms with Crippen molar-refractivity contribution in [2.24, 2.45) is 0 Å². The van der Waals surface area contributed by atoms with Gasteiger partial charge in [0.05, 0.1) is 17.6 Å². The van der Waals surface area contributed by atoms with Crippen molar-refractivity contribution in [3.05, 3.63) is 54.4 Å². The van der Waals surface area contributed by atoms with Gasteiger partial charge in [0.15, 0.2) is 6.10 Å². The average molecular weight is 396 g/mol. The van der Waals surface area contributed by atoms with Gasteiger partial charge in [-0.25, -0.2) is 4.98 Å². The highest BCUT2D eigenvalue weighted by Gasteiger charge is 2.15. The number of aromatic amines is 1. The van der Waals surface area contributed by atoms with Gasteiger partial charge in [0.2, 0.25) is 5.91 Å². The van der Waals surface area contributed by atoms with Crippen molar-refractivity contribution < 1.29 is 19.1 Å². The van der Waals surface area contributed by atoms with Gasteiger partial charge in [-0.3, -0.25) is 20.4 Å². The fraction of sp³-hybridized carbons (Fsp3) is 0.286. The number of carbonyl (C=O) groups is 2. The zero-order valence-electron chi connectivity index (χ0n) is 16.4. The second-order valence-corrected chi connectivity index (χ2v) is 6.40. The number of imidazole rings is 1. The molecule has 0 saturated heterocycles. The molecular formula is C21H24N4O4. The second kappa shape index (κ2) is 9.59. The van der Waals surface area contributed by atoms with E-state index in [1.54, 1.807) is 31.2 Å². The SMILES string of the molecule is CCOc1ccc(O[C@H](C)C(=O)NNC(=O)CCc2nc3ccccc3[nH]2)cc1. The minimum absolute atomic E-state index is 0.189. The average Bonchev–Trinajstić information content (AvgIpc) is 3.15. The normalized spacial score (nSPS) is 11.7. The molecule has 3 rings (SSSR count). The minimum Gasteiger partial charge on any atom is -0.494 e. The summed E-state index contributed by atoms with van der Waals surface area (Å²) >= 11 is 0. The van der Waals surface area contributed by atoms with Crippen molar-refractivity contribution >= 4 is 22.8 Å². The number of benzene rings is 2. The lowest BCUT2D eigenvalue weighted by Crippen LogP contribution is -2.47. The first-order valence-electron chi connectivity index (χ1n) is 9.47. The molecule has 3 N–H and O–H groups in total. The highest BCUT2D eigenvalue weighted by Crippen LogP contribution is 2.18. The van der Waals surface area contributed by atoms with E-state index in [-0.39, 0.29) is 12.3 Å². The van der Waals surface area contributed by atoms with E-state index in [1.165, 1.54) is 0 Å². The fourth-order valence-corrected chi connectivity index (χ4v) is 2.69. The molecule has 1 heterocycles. The Kier molecular flexibility index (Phi) is 6.67. The van der Waals surface area contributed by atoms with Gasteiger partial charge >= 0.3 is 0 Å². The van der Waals surface area contributed by atoms with Crippen molar-refractivity contribution in [1.82, 2.24) is 20.8 Å². The van der Waals surface area contributed by atoms with Crippen LogP contribution < -0.4 is 20.3 Å². The van der Waals surface area contributed by atoms with Crippen LogP contribution in [0.4, 0.5) is 0 Å². The van der Waals surface area contributed by atoms with Crippen LogP contribution in [0.1, 0.15) is 26.1 Å². The molecule has 1 aromatic heterocycles. The third-order valence-electron chi connectivity index (χ3n) is 4.17. The molecule has 8 nitrogen and oxygen atoms in total. The number of aromatic nitrogens is 2. The minimum atomic E-state index is -0.774. The van der Waals surface area contributed by atoms with Crippen LogP contribution in [0, 0.1) is 0 Å². The lowest BCUT2D eigenvalue weighted by Gasteiger charge is -2.15. The molecule has 0 fully saturated rings. The maximum absolute atomic E-state index is 12.1. The lowest BCUT2D eigenvalue weighted by atomic mass is 10.3. The van der Waals surface area contributed by atoms with Crippen molar-refractivity contribution in [2.45, 2.75) is 32.8 Å². The van der Waals surface area contributed by atoms with E-state index >= 15 is 0 Å². The molecule has 2 aromatic carbocycles. The summed E-state index contributed by atoms with van der Waals surface area (Å²) in [5.41, 5.74) is 6.56. The summed E-state index contributed by atoms with van der Waals surface area (Å²) in [4.78, 5) is 31.7. The maximum Gasteiger partial charge on any atom is 0.279 e. The molecule has 2 amide bonds. The Labute approximate surface area is 168 Å². The quantitative estimate of drug-likeness (QED) is 0.508. The largest absolute Gasteiger partial charge is 0.494 e. The smallest absolute Gasteiger partial charge is 0.279 e. The molecular weight excluding hydrogens is 372 g/mol. The van der Waals surface area contributed by atoms with Gasteiger partial charge in [-0.05, 0) is 50.2 Å². The van der Waals surface area contributed by atoms with Crippen LogP contribution in [0.5, 0.6) is 11.5 Å². The van der Waals surface area contributed by atoms with Crippen molar-refractivity contribution in [2.75, 3.05) is 6.61 Å². The fourth-order valence-electron chi connectivity index (χ4n) is 2.69. The van der Waals surface area contributed by atoms with Crippen LogP contribution in [0.3, 0.4) is 0 Å². The van der Waals surface area contributed by atoms with Crippen molar-refractivity contribution in [3.63, 3.8) is 0 Å². The maximum atomic E-state index is 12.1. The van der Waals surface area contributed by atoms with Crippen LogP contribution in [-0.4, -0.2) is 34.5 Å². The number of hydrogen-bond acceptors (Lipinski definition) is 5. The number of fused-ring (bicyclic) bond motifs is 1. The molecule has 3 aromatic rings. The summed E-state index contributed by atoms with van der Waals surface area (Å²) in [5.74, 6) is 1.23. The van der Waals surface area contributed by atoms with E-state index < -0.39 is 12.0 Å². The number of H-pyrrole nitrogens is 1. The summed E-state index contributed by atoms with van der Waals surface area (Å²) in [5, 5.41) is 0. The third kappa shape index (κ3) is 5.71. The number of ether oxygens (including phenoxy) is 2. The summed E-state index contributed by atoms with van der Waals surface area (Å²) in [7, 11) is 0. The molecule has 152 valence electrons. The van der Waals surface area contributed by atoms with Crippen LogP contribution in [0.15, 0.2) is 48.5 Å². The van der Waals surface area contributed by atoms with Gasteiger partial charge < -0.3 is 14.5 Å². The molecule has 0 saturated carbocycles. The van der Waals surface area contributed by atoms with E-state index in [9.17, 15) is 9.59 Å². The second-order valence-electron chi connectivity index (χ2n) is 6.40. The van der Waals surface area contributed by atoms with Gasteiger partial charge in [0, 0.05) is 12.8 Å². The summed E-state index contributed by atoms with van der Waals surface area (Å²) in [6.45, 7) is 4.09. The molecule has 29 heavy (non-hydrogen) atoms. The standard InChI is InChI=1S/C21H24N4O4/c1-3-28-15-8-10-16(11-9-15)29-14(2)21(27)25-24-20(26)13-12-19-22-17-6-4-5-7-18(17)23-19/h4-11,14H,3,12-13H2,1-2H3,(H,22,23)(H,24,26)(H,25,27)/t14-/m1/s1. The molecule has 0 unspecified atom stereocenters. The van der Waals surface area contributed by atoms with Crippen LogP contribution >= 0.6 is 0 Å². The molecule has 1 atom stereocenters. The zero-order chi connectivity index (χ0) is 20.6. The molecule has 8 heteroatoms. The molecule has 0 bridgehead atoms. The topological polar surface area (TPSA) is 105 Å². The molecule has 0 radical (unpaired) electrons. The van der Waals surface area contributed by atoms with E-state index in [2.05, 4.69) is 20.8 Å². The highest BCUT2D eigenvalue weighted by atomic mass is 16.5. The Morgan fingerprint density at radius 1 is 1.07 bits per heavy atom. The molecule has 0 aliphatic heterocycles. The number of amides is 2. The Hall–Kier alpha value is -3.55. The van der Waals surface area contributed by atoms with Crippen molar-refractivity contribution in [1.29, 1.82) is 0 Å². The van der Waals surface area contributed by atoms with Gasteiger partial charge in [-0.2, -0.15) is 0 Å². The summed E-state index contributed by atoms with van der Waals surface area (Å²) < 4.78 is 10.9. The summed E-state index contributed by atoms with van der Waals surface area (Å²) in [6, 6.07) is 14.6. The highest BCUT2D eigenvalue weighted by molar-refractivity contribution is 5.84. The Bertz CT molecular complexity index is 935. The first kappa shape index (κ1) is 20.2. The number of hydrazine groups is 1. The van der Waals surface area contributed by atoms with E-state index in [0.717, 1.165) is 22.6 Å². The van der Waals surface area contributed by atoms with Crippen LogP contribution in [-0.2, 0) is 16.0 Å². The first-order valence-corrected chi connectivity index (χ1v) is 9.47. The number of carbonyl (C=O) groups excluding carboxylic acids is 2. The van der Waals surface area contributed by atoms with Crippen molar-refractivity contribution in [3.8, 4) is 11.5 Å². The number of para-hydroxylation sites is 2. The summed E-state index contributed by atoms with van der Waals surface area (Å²) in [6.07, 6.45) is -0.147. The Balaban J connectivity index is 1.41. The number of nitrogens with zero attached hydrogens (tertiary/aromatic N) is 1. The molecule has 0 aliphatic carbocycles. The number of rotatable bonds is 8. The van der Waals surface area contributed by atoms with Crippen LogP contribution in [0.2, 0.25) is 0 Å². The van der Waals surface area contributed by atoms with Gasteiger partial charge in [-0.15, -0.1) is 0 Å². The predicted octanol–water partition coefficient (Wildman–Crippen LogP) is 2.51.